The number of likely N-dealkylation sites (N-methyl/N-ethyl adjacent to an activating group) is 1. The molecule has 130 valence electrons. The van der Waals surface area contributed by atoms with Crippen molar-refractivity contribution in [1.82, 2.24) is 14.1 Å². The molecule has 7 heteroatoms. The fourth-order valence-electron chi connectivity index (χ4n) is 2.94. The number of carbonyl (C=O) groups excluding carboxylic acids is 1. The summed E-state index contributed by atoms with van der Waals surface area (Å²) < 4.78 is 26.4. The Bertz CT molecular complexity index is 465. The Morgan fingerprint density at radius 1 is 1.27 bits per heavy atom. The van der Waals surface area contributed by atoms with Gasteiger partial charge in [0.15, 0.2) is 0 Å². The smallest absolute Gasteiger partial charge is 0.219 e. The Labute approximate surface area is 135 Å². The summed E-state index contributed by atoms with van der Waals surface area (Å²) >= 11 is 0. The van der Waals surface area contributed by atoms with Crippen molar-refractivity contribution in [2.45, 2.75) is 39.2 Å². The Morgan fingerprint density at radius 3 is 2.41 bits per heavy atom. The van der Waals surface area contributed by atoms with Crippen molar-refractivity contribution in [3.8, 4) is 0 Å². The van der Waals surface area contributed by atoms with Crippen LogP contribution in [0.15, 0.2) is 0 Å². The molecule has 1 saturated heterocycles. The molecule has 0 spiro atoms. The molecule has 0 N–H and O–H groups in total. The van der Waals surface area contributed by atoms with Crippen molar-refractivity contribution < 1.29 is 13.2 Å². The lowest BCUT2D eigenvalue weighted by molar-refractivity contribution is -0.128. The summed E-state index contributed by atoms with van der Waals surface area (Å²) in [7, 11) is 2.61. The van der Waals surface area contributed by atoms with E-state index in [0.29, 0.717) is 32.0 Å². The molecular formula is C15H31N3O3S. The van der Waals surface area contributed by atoms with Gasteiger partial charge in [0.05, 0.1) is 5.75 Å². The van der Waals surface area contributed by atoms with Gasteiger partial charge in [-0.15, -0.1) is 0 Å². The Morgan fingerprint density at radius 2 is 1.91 bits per heavy atom. The molecule has 0 aliphatic carbocycles. The van der Waals surface area contributed by atoms with Gasteiger partial charge in [0, 0.05) is 39.6 Å². The summed E-state index contributed by atoms with van der Waals surface area (Å²) in [5.74, 6) is 0.596. The first kappa shape index (κ1) is 19.4. The summed E-state index contributed by atoms with van der Waals surface area (Å²) in [5, 5.41) is 0. The monoisotopic (exact) mass is 333 g/mol. The first-order chi connectivity index (χ1) is 10.2. The van der Waals surface area contributed by atoms with Gasteiger partial charge in [-0.05, 0) is 32.9 Å². The van der Waals surface area contributed by atoms with Crippen molar-refractivity contribution in [3.05, 3.63) is 0 Å². The number of nitrogens with zero attached hydrogens (tertiary/aromatic N) is 3. The topological polar surface area (TPSA) is 60.9 Å². The van der Waals surface area contributed by atoms with E-state index in [9.17, 15) is 13.2 Å². The second kappa shape index (κ2) is 8.26. The van der Waals surface area contributed by atoms with Gasteiger partial charge in [-0.2, -0.15) is 0 Å². The van der Waals surface area contributed by atoms with Crippen LogP contribution in [0.1, 0.15) is 33.1 Å². The first-order valence-corrected chi connectivity index (χ1v) is 9.66. The molecule has 0 aromatic carbocycles. The van der Waals surface area contributed by atoms with Crippen molar-refractivity contribution in [3.63, 3.8) is 0 Å². The fraction of sp³-hybridized carbons (Fsp3) is 0.933. The zero-order valence-corrected chi connectivity index (χ0v) is 15.4. The molecule has 0 aromatic heterocycles. The molecule has 1 aliphatic rings. The quantitative estimate of drug-likeness (QED) is 0.693. The molecule has 0 aromatic rings. The summed E-state index contributed by atoms with van der Waals surface area (Å²) in [5.41, 5.74) is 0. The predicted molar refractivity (Wildman–Crippen MR) is 89.2 cm³/mol. The van der Waals surface area contributed by atoms with Gasteiger partial charge in [0.2, 0.25) is 15.9 Å². The van der Waals surface area contributed by atoms with E-state index in [2.05, 4.69) is 4.90 Å². The maximum Gasteiger partial charge on any atom is 0.219 e. The number of rotatable bonds is 7. The molecular weight excluding hydrogens is 302 g/mol. The van der Waals surface area contributed by atoms with Gasteiger partial charge in [-0.25, -0.2) is 12.7 Å². The van der Waals surface area contributed by atoms with Gasteiger partial charge in [0.25, 0.3) is 0 Å². The fourth-order valence-corrected chi connectivity index (χ4v) is 4.61. The van der Waals surface area contributed by atoms with E-state index in [1.807, 2.05) is 21.0 Å². The Hall–Kier alpha value is -0.660. The third kappa shape index (κ3) is 5.21. The van der Waals surface area contributed by atoms with Gasteiger partial charge in [-0.3, -0.25) is 4.79 Å². The minimum atomic E-state index is -3.15. The number of unbranched alkanes of at least 4 members (excludes halogenated alkanes) is 1. The highest BCUT2D eigenvalue weighted by molar-refractivity contribution is 7.89. The van der Waals surface area contributed by atoms with Crippen molar-refractivity contribution >= 4 is 15.9 Å². The minimum absolute atomic E-state index is 0.0514. The van der Waals surface area contributed by atoms with Gasteiger partial charge in [-0.1, -0.05) is 13.3 Å². The van der Waals surface area contributed by atoms with Crippen LogP contribution in [0.5, 0.6) is 0 Å². The number of carbonyl (C=O) groups is 1. The average Bonchev–Trinajstić information content (AvgIpc) is 2.44. The van der Waals surface area contributed by atoms with Gasteiger partial charge < -0.3 is 9.80 Å². The van der Waals surface area contributed by atoms with Gasteiger partial charge >= 0.3 is 0 Å². The van der Waals surface area contributed by atoms with E-state index in [0.717, 1.165) is 12.8 Å². The van der Waals surface area contributed by atoms with Crippen LogP contribution in [0.2, 0.25) is 0 Å². The van der Waals surface area contributed by atoms with E-state index in [4.69, 9.17) is 0 Å². The lowest BCUT2D eigenvalue weighted by Gasteiger charge is -2.42. The highest BCUT2D eigenvalue weighted by Gasteiger charge is 2.36. The van der Waals surface area contributed by atoms with E-state index >= 15 is 0 Å². The van der Waals surface area contributed by atoms with Crippen LogP contribution in [0.25, 0.3) is 0 Å². The molecule has 0 bridgehead atoms. The van der Waals surface area contributed by atoms with E-state index in [1.165, 1.54) is 0 Å². The van der Waals surface area contributed by atoms with Gasteiger partial charge in [0.1, 0.15) is 0 Å². The summed E-state index contributed by atoms with van der Waals surface area (Å²) in [6.45, 7) is 5.33. The second-order valence-corrected chi connectivity index (χ2v) is 8.60. The number of hydrogen-bond donors (Lipinski definition) is 0. The molecule has 1 rings (SSSR count). The lowest BCUT2D eigenvalue weighted by Crippen LogP contribution is -2.54. The molecule has 0 saturated carbocycles. The van der Waals surface area contributed by atoms with Crippen LogP contribution in [0, 0.1) is 5.92 Å². The molecule has 0 radical (unpaired) electrons. The SMILES string of the molecule is CCCCS(=O)(=O)N1CC[C@H](CN(C)C(C)=O)[C@H](N(C)C)C1. The lowest BCUT2D eigenvalue weighted by atomic mass is 9.91. The van der Waals surface area contributed by atoms with Crippen molar-refractivity contribution in [2.75, 3.05) is 46.5 Å². The van der Waals surface area contributed by atoms with E-state index < -0.39 is 10.0 Å². The maximum absolute atomic E-state index is 12.4. The third-order valence-electron chi connectivity index (χ3n) is 4.54. The van der Waals surface area contributed by atoms with Crippen molar-refractivity contribution in [1.29, 1.82) is 0 Å². The summed E-state index contributed by atoms with van der Waals surface area (Å²) in [4.78, 5) is 15.2. The number of piperidine rings is 1. The van der Waals surface area contributed by atoms with E-state index in [1.54, 1.807) is 23.2 Å². The normalized spacial score (nSPS) is 23.7. The van der Waals surface area contributed by atoms with Crippen LogP contribution in [0.3, 0.4) is 0 Å². The Kier molecular flexibility index (Phi) is 7.28. The molecule has 1 aliphatic heterocycles. The number of hydrogen-bond acceptors (Lipinski definition) is 4. The largest absolute Gasteiger partial charge is 0.346 e. The number of amides is 1. The zero-order chi connectivity index (χ0) is 16.9. The molecule has 0 unspecified atom stereocenters. The predicted octanol–water partition coefficient (Wildman–Crippen LogP) is 0.847. The maximum atomic E-state index is 12.4. The molecule has 6 nitrogen and oxygen atoms in total. The second-order valence-electron chi connectivity index (χ2n) is 6.51. The van der Waals surface area contributed by atoms with Crippen LogP contribution < -0.4 is 0 Å². The van der Waals surface area contributed by atoms with Crippen molar-refractivity contribution in [2.24, 2.45) is 5.92 Å². The molecule has 1 fully saturated rings. The van der Waals surface area contributed by atoms with Crippen LogP contribution in [-0.4, -0.2) is 81.0 Å². The van der Waals surface area contributed by atoms with Crippen LogP contribution in [-0.2, 0) is 14.8 Å². The highest BCUT2D eigenvalue weighted by atomic mass is 32.2. The molecule has 1 amide bonds. The van der Waals surface area contributed by atoms with E-state index in [-0.39, 0.29) is 17.7 Å². The van der Waals surface area contributed by atoms with Crippen LogP contribution in [0.4, 0.5) is 0 Å². The molecule has 1 heterocycles. The minimum Gasteiger partial charge on any atom is -0.346 e. The molecule has 2 atom stereocenters. The average molecular weight is 333 g/mol. The Balaban J connectivity index is 2.76. The first-order valence-electron chi connectivity index (χ1n) is 8.05. The highest BCUT2D eigenvalue weighted by Crippen LogP contribution is 2.24. The summed E-state index contributed by atoms with van der Waals surface area (Å²) in [6, 6.07) is 0.145. The third-order valence-corrected chi connectivity index (χ3v) is 6.47. The zero-order valence-electron chi connectivity index (χ0n) is 14.6. The molecule has 22 heavy (non-hydrogen) atoms. The summed E-state index contributed by atoms with van der Waals surface area (Å²) in [6.07, 6.45) is 2.39. The standard InChI is InChI=1S/C15H31N3O3S/c1-6-7-10-22(20,21)18-9-8-14(11-17(5)13(2)19)15(12-18)16(3)4/h14-15H,6-12H2,1-5H3/t14-,15-/m1/s1. The number of sulfonamides is 1. The van der Waals surface area contributed by atoms with Crippen LogP contribution >= 0.6 is 0 Å².